The second kappa shape index (κ2) is 4.56. The molecule has 0 aromatic heterocycles. The third kappa shape index (κ3) is 4.21. The number of ether oxygens (including phenoxy) is 1. The number of aliphatic hydroxyl groups is 1. The molecule has 0 radical (unpaired) electrons. The number of aldehydes is 1. The first-order chi connectivity index (χ1) is 5.07. The average molecular weight is 160 g/mol. The van der Waals surface area contributed by atoms with Gasteiger partial charge in [-0.2, -0.15) is 0 Å². The smallest absolute Gasteiger partial charge is 0.374 e. The molecule has 0 spiro atoms. The van der Waals surface area contributed by atoms with Gasteiger partial charge in [0.25, 0.3) is 0 Å². The molecular weight excluding hydrogens is 152 g/mol. The zero-order valence-corrected chi connectivity index (χ0v) is 5.94. The topological polar surface area (TPSA) is 80.7 Å². The number of hydrogen-bond acceptors (Lipinski definition) is 5. The van der Waals surface area contributed by atoms with Crippen molar-refractivity contribution >= 4 is 18.0 Å². The van der Waals surface area contributed by atoms with Gasteiger partial charge in [-0.1, -0.05) is 0 Å². The van der Waals surface area contributed by atoms with Gasteiger partial charge in [0.05, 0.1) is 0 Å². The Hall–Kier alpha value is -1.23. The van der Waals surface area contributed by atoms with Crippen molar-refractivity contribution in [3.05, 3.63) is 0 Å². The lowest BCUT2D eigenvalue weighted by atomic mass is 10.4. The van der Waals surface area contributed by atoms with Crippen LogP contribution in [0.5, 0.6) is 0 Å². The Morgan fingerprint density at radius 1 is 1.64 bits per heavy atom. The molecule has 0 aromatic rings. The molecule has 0 fully saturated rings. The molecule has 0 aliphatic heterocycles. The molecule has 0 aromatic carbocycles. The number of rotatable bonds is 4. The van der Waals surface area contributed by atoms with Crippen LogP contribution in [0.15, 0.2) is 0 Å². The summed E-state index contributed by atoms with van der Waals surface area (Å²) in [6.07, 6.45) is -1.13. The third-order valence-corrected chi connectivity index (χ3v) is 0.830. The van der Waals surface area contributed by atoms with Crippen molar-refractivity contribution < 1.29 is 24.2 Å². The van der Waals surface area contributed by atoms with E-state index >= 15 is 0 Å². The fourth-order valence-electron chi connectivity index (χ4n) is 0.302. The summed E-state index contributed by atoms with van der Waals surface area (Å²) in [7, 11) is 0. The first kappa shape index (κ1) is 9.77. The van der Waals surface area contributed by atoms with Gasteiger partial charge in [0.1, 0.15) is 12.7 Å². The van der Waals surface area contributed by atoms with E-state index in [0.717, 1.165) is 6.92 Å². The maximum atomic E-state index is 10.4. The van der Waals surface area contributed by atoms with E-state index in [2.05, 4.69) is 4.74 Å². The maximum absolute atomic E-state index is 10.4. The summed E-state index contributed by atoms with van der Waals surface area (Å²) in [5, 5.41) is 8.53. The second-order valence-electron chi connectivity index (χ2n) is 1.86. The molecule has 0 aliphatic carbocycles. The van der Waals surface area contributed by atoms with Crippen molar-refractivity contribution in [2.24, 2.45) is 0 Å². The van der Waals surface area contributed by atoms with Crippen LogP contribution in [0.4, 0.5) is 0 Å². The summed E-state index contributed by atoms with van der Waals surface area (Å²) < 4.78 is 4.19. The lowest BCUT2D eigenvalue weighted by Gasteiger charge is -2.02. The van der Waals surface area contributed by atoms with Crippen LogP contribution in [0.1, 0.15) is 6.92 Å². The van der Waals surface area contributed by atoms with Crippen molar-refractivity contribution in [1.29, 1.82) is 0 Å². The molecule has 1 N–H and O–H groups in total. The van der Waals surface area contributed by atoms with Crippen LogP contribution in [0.3, 0.4) is 0 Å². The number of carbonyl (C=O) groups excluding carboxylic acids is 3. The predicted molar refractivity (Wildman–Crippen MR) is 33.7 cm³/mol. The van der Waals surface area contributed by atoms with Gasteiger partial charge in [0.15, 0.2) is 6.29 Å². The summed E-state index contributed by atoms with van der Waals surface area (Å²) >= 11 is 0. The summed E-state index contributed by atoms with van der Waals surface area (Å²) in [5.41, 5.74) is 0. The fourth-order valence-corrected chi connectivity index (χ4v) is 0.302. The molecule has 5 nitrogen and oxygen atoms in total. The zero-order chi connectivity index (χ0) is 8.85. The lowest BCUT2D eigenvalue weighted by Crippen LogP contribution is -2.22. The lowest BCUT2D eigenvalue weighted by molar-refractivity contribution is -0.155. The zero-order valence-electron chi connectivity index (χ0n) is 5.94. The normalized spacial score (nSPS) is 11.8. The van der Waals surface area contributed by atoms with Crippen LogP contribution in [0.25, 0.3) is 0 Å². The number of esters is 1. The monoisotopic (exact) mass is 160 g/mol. The van der Waals surface area contributed by atoms with Crippen molar-refractivity contribution in [3.63, 3.8) is 0 Å². The predicted octanol–water partition coefficient (Wildman–Crippen LogP) is -1.32. The molecule has 0 heterocycles. The van der Waals surface area contributed by atoms with Crippen LogP contribution in [-0.4, -0.2) is 35.9 Å². The number of Topliss-reactive ketones (excluding diaryl/α,β-unsaturated/α-hetero) is 1. The van der Waals surface area contributed by atoms with Crippen molar-refractivity contribution in [3.8, 4) is 0 Å². The minimum absolute atomic E-state index is 0.216. The highest BCUT2D eigenvalue weighted by molar-refractivity contribution is 6.32. The van der Waals surface area contributed by atoms with Crippen molar-refractivity contribution in [2.45, 2.75) is 13.0 Å². The van der Waals surface area contributed by atoms with E-state index in [0.29, 0.717) is 0 Å². The number of hydrogen-bond donors (Lipinski definition) is 1. The molecule has 0 saturated heterocycles. The summed E-state index contributed by atoms with van der Waals surface area (Å²) in [5.74, 6) is -1.81. The molecule has 0 bridgehead atoms. The van der Waals surface area contributed by atoms with E-state index in [1.165, 1.54) is 0 Å². The van der Waals surface area contributed by atoms with Gasteiger partial charge >= 0.3 is 5.97 Å². The van der Waals surface area contributed by atoms with Crippen LogP contribution in [0.2, 0.25) is 0 Å². The molecule has 5 heteroatoms. The Labute approximate surface area is 63.0 Å². The SMILES string of the molecule is CC(=O)C(=O)OCC(O)C=O. The number of aliphatic hydroxyl groups excluding tert-OH is 1. The Balaban J connectivity index is 3.62. The first-order valence-corrected chi connectivity index (χ1v) is 2.89. The minimum Gasteiger partial charge on any atom is -0.457 e. The molecule has 62 valence electrons. The Bertz CT molecular complexity index is 174. The Kier molecular flexibility index (Phi) is 4.05. The van der Waals surface area contributed by atoms with E-state index in [9.17, 15) is 14.4 Å². The molecule has 0 amide bonds. The fraction of sp³-hybridized carbons (Fsp3) is 0.500. The quantitative estimate of drug-likeness (QED) is 0.313. The van der Waals surface area contributed by atoms with E-state index in [-0.39, 0.29) is 6.29 Å². The largest absolute Gasteiger partial charge is 0.457 e. The molecule has 0 rings (SSSR count). The van der Waals surface area contributed by atoms with Crippen LogP contribution < -0.4 is 0 Å². The number of carbonyl (C=O) groups is 3. The highest BCUT2D eigenvalue weighted by Crippen LogP contribution is 1.83. The Morgan fingerprint density at radius 3 is 2.55 bits per heavy atom. The average Bonchev–Trinajstić information content (AvgIpc) is 1.99. The first-order valence-electron chi connectivity index (χ1n) is 2.89. The Morgan fingerprint density at radius 2 is 2.18 bits per heavy atom. The van der Waals surface area contributed by atoms with Crippen LogP contribution in [-0.2, 0) is 19.1 Å². The molecule has 1 unspecified atom stereocenters. The van der Waals surface area contributed by atoms with Gasteiger partial charge in [-0.15, -0.1) is 0 Å². The van der Waals surface area contributed by atoms with Gasteiger partial charge in [-0.3, -0.25) is 4.79 Å². The maximum Gasteiger partial charge on any atom is 0.374 e. The van der Waals surface area contributed by atoms with E-state index in [1.54, 1.807) is 0 Å². The van der Waals surface area contributed by atoms with Gasteiger partial charge in [0.2, 0.25) is 5.78 Å². The van der Waals surface area contributed by atoms with Crippen LogP contribution in [0, 0.1) is 0 Å². The molecule has 1 atom stereocenters. The van der Waals surface area contributed by atoms with Gasteiger partial charge in [0, 0.05) is 6.92 Å². The van der Waals surface area contributed by atoms with Gasteiger partial charge in [-0.05, 0) is 0 Å². The molecule has 0 aliphatic rings. The van der Waals surface area contributed by atoms with Gasteiger partial charge < -0.3 is 14.6 Å². The second-order valence-corrected chi connectivity index (χ2v) is 1.86. The molecular formula is C6H8O5. The molecule has 11 heavy (non-hydrogen) atoms. The summed E-state index contributed by atoms with van der Waals surface area (Å²) in [4.78, 5) is 30.3. The van der Waals surface area contributed by atoms with Crippen LogP contribution >= 0.6 is 0 Å². The van der Waals surface area contributed by atoms with Gasteiger partial charge in [-0.25, -0.2) is 4.79 Å². The standard InChI is InChI=1S/C6H8O5/c1-4(8)6(10)11-3-5(9)2-7/h2,5,9H,3H2,1H3. The highest BCUT2D eigenvalue weighted by atomic mass is 16.5. The summed E-state index contributed by atoms with van der Waals surface area (Å²) in [6.45, 7) is 0.567. The van der Waals surface area contributed by atoms with Crippen molar-refractivity contribution in [2.75, 3.05) is 6.61 Å². The highest BCUT2D eigenvalue weighted by Gasteiger charge is 2.11. The van der Waals surface area contributed by atoms with Crippen molar-refractivity contribution in [1.82, 2.24) is 0 Å². The van der Waals surface area contributed by atoms with E-state index in [1.807, 2.05) is 0 Å². The van der Waals surface area contributed by atoms with E-state index < -0.39 is 24.5 Å². The summed E-state index contributed by atoms with van der Waals surface area (Å²) in [6, 6.07) is 0. The molecule has 0 saturated carbocycles. The number of ketones is 1. The van der Waals surface area contributed by atoms with E-state index in [4.69, 9.17) is 5.11 Å². The minimum atomic E-state index is -1.35. The third-order valence-electron chi connectivity index (χ3n) is 0.830.